The molecule has 0 aromatic heterocycles. The van der Waals surface area contributed by atoms with Crippen molar-refractivity contribution < 1.29 is 9.90 Å². The zero-order valence-corrected chi connectivity index (χ0v) is 11.2. The maximum Gasteiger partial charge on any atom is 0.232 e. The number of hydrogen-bond donors (Lipinski definition) is 2. The van der Waals surface area contributed by atoms with Crippen LogP contribution in [-0.4, -0.2) is 40.6 Å². The van der Waals surface area contributed by atoms with E-state index in [2.05, 4.69) is 0 Å². The Balaban J connectivity index is 2.63. The molecule has 2 unspecified atom stereocenters. The van der Waals surface area contributed by atoms with Crippen molar-refractivity contribution in [3.63, 3.8) is 0 Å². The molecular weight excluding hydrogens is 236 g/mol. The van der Waals surface area contributed by atoms with E-state index in [-0.39, 0.29) is 24.3 Å². The van der Waals surface area contributed by atoms with Crippen molar-refractivity contribution in [1.29, 1.82) is 0 Å². The van der Waals surface area contributed by atoms with Gasteiger partial charge in [0.1, 0.15) is 0 Å². The van der Waals surface area contributed by atoms with Crippen molar-refractivity contribution in [2.24, 2.45) is 17.6 Å². The van der Waals surface area contributed by atoms with Gasteiger partial charge in [-0.15, -0.1) is 0 Å². The van der Waals surface area contributed by atoms with Crippen LogP contribution in [0.2, 0.25) is 0 Å². The largest absolute Gasteiger partial charge is 0.396 e. The summed E-state index contributed by atoms with van der Waals surface area (Å²) in [6.07, 6.45) is 3.55. The molecule has 98 valence electrons. The van der Waals surface area contributed by atoms with Crippen LogP contribution in [-0.2, 0) is 4.79 Å². The summed E-state index contributed by atoms with van der Waals surface area (Å²) in [5.74, 6) is -0.0775. The fraction of sp³-hybridized carbons (Fsp3) is 0.833. The number of nitrogens with two attached hydrogens (primary N) is 1. The van der Waals surface area contributed by atoms with Crippen LogP contribution in [0.5, 0.6) is 0 Å². The summed E-state index contributed by atoms with van der Waals surface area (Å²) < 4.78 is 0. The van der Waals surface area contributed by atoms with Gasteiger partial charge in [0.2, 0.25) is 5.91 Å². The van der Waals surface area contributed by atoms with Crippen molar-refractivity contribution >= 4 is 23.1 Å². The third kappa shape index (κ3) is 3.92. The number of amides is 1. The van der Waals surface area contributed by atoms with Crippen molar-refractivity contribution in [2.75, 3.05) is 19.7 Å². The van der Waals surface area contributed by atoms with E-state index in [1.54, 1.807) is 0 Å². The van der Waals surface area contributed by atoms with Crippen LogP contribution in [0.3, 0.4) is 0 Å². The topological polar surface area (TPSA) is 66.6 Å². The first-order chi connectivity index (χ1) is 8.10. The number of likely N-dealkylation sites (tertiary alicyclic amines) is 1. The summed E-state index contributed by atoms with van der Waals surface area (Å²) in [5.41, 5.74) is 5.63. The monoisotopic (exact) mass is 258 g/mol. The highest BCUT2D eigenvalue weighted by Gasteiger charge is 2.29. The van der Waals surface area contributed by atoms with E-state index in [4.69, 9.17) is 23.1 Å². The van der Waals surface area contributed by atoms with Gasteiger partial charge in [0.15, 0.2) is 0 Å². The fourth-order valence-corrected chi connectivity index (χ4v) is 2.53. The van der Waals surface area contributed by atoms with Crippen LogP contribution >= 0.6 is 12.2 Å². The van der Waals surface area contributed by atoms with E-state index < -0.39 is 0 Å². The van der Waals surface area contributed by atoms with E-state index in [0.29, 0.717) is 18.0 Å². The number of aliphatic hydroxyl groups is 1. The first kappa shape index (κ1) is 14.4. The lowest BCUT2D eigenvalue weighted by molar-refractivity contribution is -0.135. The maximum absolute atomic E-state index is 12.3. The second-order valence-corrected chi connectivity index (χ2v) is 5.19. The van der Waals surface area contributed by atoms with Gasteiger partial charge < -0.3 is 15.7 Å². The van der Waals surface area contributed by atoms with E-state index >= 15 is 0 Å². The lowest BCUT2D eigenvalue weighted by Crippen LogP contribution is -2.46. The molecule has 4 nitrogen and oxygen atoms in total. The normalized spacial score (nSPS) is 22.2. The maximum atomic E-state index is 12.3. The number of piperidine rings is 1. The lowest BCUT2D eigenvalue weighted by atomic mass is 9.96. The average Bonchev–Trinajstić information content (AvgIpc) is 2.34. The van der Waals surface area contributed by atoms with Crippen LogP contribution in [0.1, 0.15) is 32.6 Å². The molecule has 1 aliphatic rings. The van der Waals surface area contributed by atoms with Crippen molar-refractivity contribution in [3.8, 4) is 0 Å². The Hall–Kier alpha value is -0.680. The van der Waals surface area contributed by atoms with E-state index in [0.717, 1.165) is 25.8 Å². The van der Waals surface area contributed by atoms with Gasteiger partial charge in [-0.1, -0.05) is 25.6 Å². The minimum Gasteiger partial charge on any atom is -0.396 e. The first-order valence-electron chi connectivity index (χ1n) is 6.29. The molecule has 2 atom stereocenters. The molecule has 0 aromatic carbocycles. The summed E-state index contributed by atoms with van der Waals surface area (Å²) in [7, 11) is 0. The SMILES string of the molecule is CCCC(C(=O)N1CCCC(CO)C1)C(N)=S. The summed E-state index contributed by atoms with van der Waals surface area (Å²) in [5, 5.41) is 9.15. The van der Waals surface area contributed by atoms with Gasteiger partial charge in [0.25, 0.3) is 0 Å². The summed E-state index contributed by atoms with van der Waals surface area (Å²) in [6.45, 7) is 3.57. The summed E-state index contributed by atoms with van der Waals surface area (Å²) in [6, 6.07) is 0. The minimum absolute atomic E-state index is 0.0394. The van der Waals surface area contributed by atoms with Gasteiger partial charge in [-0.3, -0.25) is 4.79 Å². The number of hydrogen-bond acceptors (Lipinski definition) is 3. The zero-order valence-electron chi connectivity index (χ0n) is 10.4. The Morgan fingerprint density at radius 3 is 2.88 bits per heavy atom. The van der Waals surface area contributed by atoms with Gasteiger partial charge in [0, 0.05) is 19.7 Å². The zero-order chi connectivity index (χ0) is 12.8. The number of carbonyl (C=O) groups is 1. The van der Waals surface area contributed by atoms with Crippen LogP contribution in [0.4, 0.5) is 0 Å². The first-order valence-corrected chi connectivity index (χ1v) is 6.69. The number of thiocarbonyl (C=S) groups is 1. The Labute approximate surface area is 108 Å². The second-order valence-electron chi connectivity index (χ2n) is 4.72. The minimum atomic E-state index is -0.326. The standard InChI is InChI=1S/C12H22N2O2S/c1-2-4-10(11(13)17)12(16)14-6-3-5-9(7-14)8-15/h9-10,15H,2-8H2,1H3,(H2,13,17). The van der Waals surface area contributed by atoms with Gasteiger partial charge >= 0.3 is 0 Å². The molecular formula is C12H22N2O2S. The number of aliphatic hydroxyl groups excluding tert-OH is 1. The number of carbonyl (C=O) groups excluding carboxylic acids is 1. The van der Waals surface area contributed by atoms with Gasteiger partial charge in [0.05, 0.1) is 10.9 Å². The van der Waals surface area contributed by atoms with Crippen molar-refractivity contribution in [3.05, 3.63) is 0 Å². The van der Waals surface area contributed by atoms with E-state index in [9.17, 15) is 4.79 Å². The fourth-order valence-electron chi connectivity index (χ4n) is 2.31. The molecule has 1 saturated heterocycles. The van der Waals surface area contributed by atoms with Crippen LogP contribution in [0.25, 0.3) is 0 Å². The molecule has 0 bridgehead atoms. The Morgan fingerprint density at radius 2 is 2.35 bits per heavy atom. The van der Waals surface area contributed by atoms with Gasteiger partial charge in [-0.05, 0) is 25.2 Å². The Bertz CT molecular complexity index is 284. The highest BCUT2D eigenvalue weighted by Crippen LogP contribution is 2.19. The quantitative estimate of drug-likeness (QED) is 0.720. The van der Waals surface area contributed by atoms with Crippen LogP contribution < -0.4 is 5.73 Å². The molecule has 5 heteroatoms. The second kappa shape index (κ2) is 6.91. The average molecular weight is 258 g/mol. The molecule has 1 amide bonds. The Morgan fingerprint density at radius 1 is 1.65 bits per heavy atom. The predicted molar refractivity (Wildman–Crippen MR) is 71.6 cm³/mol. The third-order valence-corrected chi connectivity index (χ3v) is 3.59. The van der Waals surface area contributed by atoms with Crippen LogP contribution in [0.15, 0.2) is 0 Å². The number of rotatable bonds is 5. The van der Waals surface area contributed by atoms with Crippen molar-refractivity contribution in [1.82, 2.24) is 4.90 Å². The molecule has 1 rings (SSSR count). The molecule has 3 N–H and O–H groups in total. The molecule has 1 heterocycles. The molecule has 1 fully saturated rings. The molecule has 0 aromatic rings. The van der Waals surface area contributed by atoms with Gasteiger partial charge in [-0.25, -0.2) is 0 Å². The molecule has 0 radical (unpaired) electrons. The van der Waals surface area contributed by atoms with Crippen LogP contribution in [0, 0.1) is 11.8 Å². The molecule has 0 aliphatic carbocycles. The predicted octanol–water partition coefficient (Wildman–Crippen LogP) is 0.920. The van der Waals surface area contributed by atoms with Gasteiger partial charge in [-0.2, -0.15) is 0 Å². The van der Waals surface area contributed by atoms with E-state index in [1.165, 1.54) is 0 Å². The summed E-state index contributed by atoms with van der Waals surface area (Å²) in [4.78, 5) is 14.4. The lowest BCUT2D eigenvalue weighted by Gasteiger charge is -2.34. The Kier molecular flexibility index (Phi) is 5.85. The van der Waals surface area contributed by atoms with E-state index in [1.807, 2.05) is 11.8 Å². The summed E-state index contributed by atoms with van der Waals surface area (Å²) >= 11 is 4.97. The smallest absolute Gasteiger partial charge is 0.232 e. The molecule has 1 aliphatic heterocycles. The van der Waals surface area contributed by atoms with Crippen molar-refractivity contribution in [2.45, 2.75) is 32.6 Å². The molecule has 0 saturated carbocycles. The molecule has 17 heavy (non-hydrogen) atoms. The number of nitrogens with zero attached hydrogens (tertiary/aromatic N) is 1. The molecule has 0 spiro atoms. The third-order valence-electron chi connectivity index (χ3n) is 3.31. The highest BCUT2D eigenvalue weighted by molar-refractivity contribution is 7.80. The highest BCUT2D eigenvalue weighted by atomic mass is 32.1.